The van der Waals surface area contributed by atoms with Crippen LogP contribution in [0.1, 0.15) is 11.1 Å². The Morgan fingerprint density at radius 1 is 1.12 bits per heavy atom. The normalized spacial score (nSPS) is 10.7. The summed E-state index contributed by atoms with van der Waals surface area (Å²) in [6, 6.07) is 2.52. The highest BCUT2D eigenvalue weighted by molar-refractivity contribution is 6.00. The van der Waals surface area contributed by atoms with Gasteiger partial charge < -0.3 is 15.3 Å². The number of phenolic OH excluding ortho intramolecular Hbond substituents is 3. The Kier molecular flexibility index (Phi) is 2.42. The van der Waals surface area contributed by atoms with Crippen LogP contribution in [-0.2, 0) is 0 Å². The summed E-state index contributed by atoms with van der Waals surface area (Å²) in [5.74, 6) is -2.02. The van der Waals surface area contributed by atoms with E-state index in [1.165, 1.54) is 25.1 Å². The Labute approximate surface area is 97.1 Å². The third kappa shape index (κ3) is 1.41. The summed E-state index contributed by atoms with van der Waals surface area (Å²) in [5.41, 5.74) is 0.482. The van der Waals surface area contributed by atoms with E-state index in [1.807, 2.05) is 0 Å². The Morgan fingerprint density at radius 2 is 1.76 bits per heavy atom. The van der Waals surface area contributed by atoms with Gasteiger partial charge in [-0.25, -0.2) is 4.39 Å². The summed E-state index contributed by atoms with van der Waals surface area (Å²) in [4.78, 5) is 0. The van der Waals surface area contributed by atoms with Gasteiger partial charge in [-0.2, -0.15) is 0 Å². The fourth-order valence-electron chi connectivity index (χ4n) is 1.93. The van der Waals surface area contributed by atoms with Crippen molar-refractivity contribution in [3.8, 4) is 17.2 Å². The van der Waals surface area contributed by atoms with Gasteiger partial charge in [0.15, 0.2) is 11.5 Å². The molecule has 2 rings (SSSR count). The van der Waals surface area contributed by atoms with Crippen molar-refractivity contribution in [2.75, 3.05) is 0 Å². The molecule has 0 saturated heterocycles. The van der Waals surface area contributed by atoms with Crippen LogP contribution in [0.4, 0.5) is 4.39 Å². The Hall–Kier alpha value is -2.23. The average molecular weight is 234 g/mol. The van der Waals surface area contributed by atoms with Crippen LogP contribution in [0.5, 0.6) is 17.2 Å². The molecule has 0 unspecified atom stereocenters. The van der Waals surface area contributed by atoms with E-state index in [4.69, 9.17) is 0 Å². The lowest BCUT2D eigenvalue weighted by Crippen LogP contribution is -1.90. The predicted octanol–water partition coefficient (Wildman–Crippen LogP) is 3.05. The highest BCUT2D eigenvalue weighted by Gasteiger charge is 2.18. The fraction of sp³-hybridized carbons (Fsp3) is 0.0769. The van der Waals surface area contributed by atoms with Crippen LogP contribution in [0, 0.1) is 12.7 Å². The maximum atomic E-state index is 13.6. The second-order valence-electron chi connectivity index (χ2n) is 3.76. The van der Waals surface area contributed by atoms with Gasteiger partial charge in [-0.05, 0) is 19.1 Å². The third-order valence-electron chi connectivity index (χ3n) is 2.83. The molecule has 17 heavy (non-hydrogen) atoms. The number of fused-ring (bicyclic) bond motifs is 1. The lowest BCUT2D eigenvalue weighted by molar-refractivity contribution is 0.369. The number of hydrogen-bond donors (Lipinski definition) is 3. The van der Waals surface area contributed by atoms with E-state index in [1.54, 1.807) is 0 Å². The van der Waals surface area contributed by atoms with Gasteiger partial charge in [0, 0.05) is 21.9 Å². The summed E-state index contributed by atoms with van der Waals surface area (Å²) in [5, 5.41) is 29.4. The number of benzene rings is 2. The van der Waals surface area contributed by atoms with Crippen LogP contribution in [-0.4, -0.2) is 15.3 Å². The van der Waals surface area contributed by atoms with Crippen LogP contribution < -0.4 is 0 Å². The number of hydrogen-bond acceptors (Lipinski definition) is 3. The topological polar surface area (TPSA) is 60.7 Å². The number of aromatic hydroxyl groups is 3. The molecule has 0 atom stereocenters. The Bertz CT molecular complexity index is 633. The summed E-state index contributed by atoms with van der Waals surface area (Å²) in [7, 11) is 0. The van der Waals surface area contributed by atoms with Crippen molar-refractivity contribution in [3.05, 3.63) is 35.7 Å². The van der Waals surface area contributed by atoms with Crippen molar-refractivity contribution in [1.29, 1.82) is 0 Å². The first kappa shape index (κ1) is 11.3. The monoisotopic (exact) mass is 234 g/mol. The molecule has 4 heteroatoms. The van der Waals surface area contributed by atoms with Crippen LogP contribution in [0.25, 0.3) is 16.8 Å². The number of halogens is 1. The molecule has 0 aliphatic heterocycles. The van der Waals surface area contributed by atoms with Crippen molar-refractivity contribution >= 4 is 16.8 Å². The molecule has 0 aliphatic rings. The Balaban J connectivity index is 3.11. The van der Waals surface area contributed by atoms with E-state index in [0.717, 1.165) is 0 Å². The van der Waals surface area contributed by atoms with Gasteiger partial charge in [-0.15, -0.1) is 0 Å². The van der Waals surface area contributed by atoms with E-state index in [-0.39, 0.29) is 10.9 Å². The largest absolute Gasteiger partial charge is 0.504 e. The molecule has 88 valence electrons. The summed E-state index contributed by atoms with van der Waals surface area (Å²) >= 11 is 0. The molecule has 0 bridgehead atoms. The lowest BCUT2D eigenvalue weighted by Gasteiger charge is -2.12. The van der Waals surface area contributed by atoms with E-state index in [9.17, 15) is 19.7 Å². The molecule has 0 heterocycles. The summed E-state index contributed by atoms with van der Waals surface area (Å²) in [6.07, 6.45) is 1.31. The zero-order valence-electron chi connectivity index (χ0n) is 9.16. The van der Waals surface area contributed by atoms with Gasteiger partial charge in [0.05, 0.1) is 0 Å². The molecule has 3 nitrogen and oxygen atoms in total. The molecule has 2 aromatic rings. The maximum Gasteiger partial charge on any atom is 0.201 e. The van der Waals surface area contributed by atoms with Crippen LogP contribution >= 0.6 is 0 Å². The molecule has 0 aromatic heterocycles. The summed E-state index contributed by atoms with van der Waals surface area (Å²) in [6.45, 7) is 5.03. The minimum Gasteiger partial charge on any atom is -0.504 e. The van der Waals surface area contributed by atoms with Gasteiger partial charge in [-0.1, -0.05) is 12.7 Å². The molecule has 0 fully saturated rings. The van der Waals surface area contributed by atoms with Crippen molar-refractivity contribution < 1.29 is 19.7 Å². The first-order valence-corrected chi connectivity index (χ1v) is 4.97. The molecule has 0 aliphatic carbocycles. The number of aryl methyl sites for hydroxylation is 1. The minimum atomic E-state index is -0.600. The van der Waals surface area contributed by atoms with Gasteiger partial charge in [0.2, 0.25) is 5.75 Å². The van der Waals surface area contributed by atoms with Gasteiger partial charge in [-0.3, -0.25) is 0 Å². The number of phenols is 3. The molecule has 0 saturated carbocycles. The first-order chi connectivity index (χ1) is 7.99. The van der Waals surface area contributed by atoms with Crippen LogP contribution in [0.15, 0.2) is 18.7 Å². The molecular weight excluding hydrogens is 223 g/mol. The molecule has 3 N–H and O–H groups in total. The summed E-state index contributed by atoms with van der Waals surface area (Å²) < 4.78 is 13.6. The first-order valence-electron chi connectivity index (χ1n) is 4.97. The average Bonchev–Trinajstić information content (AvgIpc) is 2.33. The highest BCUT2D eigenvalue weighted by Crippen LogP contribution is 2.45. The predicted molar refractivity (Wildman–Crippen MR) is 63.7 cm³/mol. The van der Waals surface area contributed by atoms with E-state index in [0.29, 0.717) is 10.9 Å². The fourth-order valence-corrected chi connectivity index (χ4v) is 1.93. The van der Waals surface area contributed by atoms with Crippen molar-refractivity contribution in [3.63, 3.8) is 0 Å². The van der Waals surface area contributed by atoms with E-state index >= 15 is 0 Å². The van der Waals surface area contributed by atoms with Gasteiger partial charge in [0.25, 0.3) is 0 Å². The van der Waals surface area contributed by atoms with E-state index in [2.05, 4.69) is 6.58 Å². The maximum absolute atomic E-state index is 13.6. The Morgan fingerprint density at radius 3 is 2.35 bits per heavy atom. The second kappa shape index (κ2) is 3.66. The molecule has 0 radical (unpaired) electrons. The van der Waals surface area contributed by atoms with Crippen LogP contribution in [0.3, 0.4) is 0 Å². The smallest absolute Gasteiger partial charge is 0.201 e. The third-order valence-corrected chi connectivity index (χ3v) is 2.83. The standard InChI is InChI=1S/C13H11FO3/c1-3-7-9(14)5-4-8-10(7)6(2)11(15)13(17)12(8)16/h3-5,15-17H,1H2,2H3. The van der Waals surface area contributed by atoms with Crippen LogP contribution in [0.2, 0.25) is 0 Å². The zero-order chi connectivity index (χ0) is 12.7. The SMILES string of the molecule is C=Cc1c(F)ccc2c(O)c(O)c(O)c(C)c12. The minimum absolute atomic E-state index is 0.186. The second-order valence-corrected chi connectivity index (χ2v) is 3.76. The molecule has 0 amide bonds. The van der Waals surface area contributed by atoms with E-state index < -0.39 is 23.1 Å². The lowest BCUT2D eigenvalue weighted by atomic mass is 9.97. The van der Waals surface area contributed by atoms with Crippen molar-refractivity contribution in [1.82, 2.24) is 0 Å². The quantitative estimate of drug-likeness (QED) is 0.664. The number of rotatable bonds is 1. The van der Waals surface area contributed by atoms with Gasteiger partial charge >= 0.3 is 0 Å². The highest BCUT2D eigenvalue weighted by atomic mass is 19.1. The molecule has 2 aromatic carbocycles. The molecular formula is C13H11FO3. The molecule has 0 spiro atoms. The van der Waals surface area contributed by atoms with Crippen molar-refractivity contribution in [2.45, 2.75) is 6.92 Å². The van der Waals surface area contributed by atoms with Gasteiger partial charge in [0.1, 0.15) is 5.82 Å². The van der Waals surface area contributed by atoms with Crippen molar-refractivity contribution in [2.24, 2.45) is 0 Å². The zero-order valence-corrected chi connectivity index (χ0v) is 9.16.